The van der Waals surface area contributed by atoms with Crippen LogP contribution in [0.15, 0.2) is 30.5 Å². The quantitative estimate of drug-likeness (QED) is 0.795. The van der Waals surface area contributed by atoms with Gasteiger partial charge in [0, 0.05) is 23.5 Å². The number of phenolic OH excluding ortho intramolecular Hbond substituents is 1. The lowest BCUT2D eigenvalue weighted by atomic mass is 10.0. The first-order chi connectivity index (χ1) is 7.56. The van der Waals surface area contributed by atoms with Crippen molar-refractivity contribution in [3.05, 3.63) is 47.5 Å². The summed E-state index contributed by atoms with van der Waals surface area (Å²) in [6.07, 6.45) is 1.68. The number of hydrogen-bond acceptors (Lipinski definition) is 2. The lowest BCUT2D eigenvalue weighted by Crippen LogP contribution is -1.88. The average Bonchev–Trinajstić information content (AvgIpc) is 2.20. The van der Waals surface area contributed by atoms with Crippen molar-refractivity contribution < 1.29 is 9.50 Å². The second kappa shape index (κ2) is 3.93. The van der Waals surface area contributed by atoms with Crippen molar-refractivity contribution in [2.45, 2.75) is 13.8 Å². The van der Waals surface area contributed by atoms with E-state index in [0.717, 1.165) is 22.9 Å². The van der Waals surface area contributed by atoms with Crippen molar-refractivity contribution in [1.82, 2.24) is 4.98 Å². The standard InChI is InChI=1S/C13H12FNO/c1-8-3-11(7-15-9(8)2)10-4-12(14)6-13(16)5-10/h3-7,16H,1-2H3. The van der Waals surface area contributed by atoms with Crippen LogP contribution in [0.2, 0.25) is 0 Å². The van der Waals surface area contributed by atoms with Crippen LogP contribution < -0.4 is 0 Å². The minimum atomic E-state index is -0.451. The predicted octanol–water partition coefficient (Wildman–Crippen LogP) is 3.21. The number of aromatic hydroxyl groups is 1. The van der Waals surface area contributed by atoms with Crippen molar-refractivity contribution in [1.29, 1.82) is 0 Å². The molecule has 1 aromatic carbocycles. The van der Waals surface area contributed by atoms with Gasteiger partial charge in [0.15, 0.2) is 0 Å². The molecular formula is C13H12FNO. The molecule has 3 heteroatoms. The van der Waals surface area contributed by atoms with E-state index in [9.17, 15) is 9.50 Å². The Morgan fingerprint density at radius 2 is 1.81 bits per heavy atom. The number of benzene rings is 1. The molecule has 2 rings (SSSR count). The summed E-state index contributed by atoms with van der Waals surface area (Å²) in [6.45, 7) is 3.87. The van der Waals surface area contributed by atoms with Crippen molar-refractivity contribution in [2.24, 2.45) is 0 Å². The fraction of sp³-hybridized carbons (Fsp3) is 0.154. The summed E-state index contributed by atoms with van der Waals surface area (Å²) in [5.41, 5.74) is 3.43. The molecule has 0 unspecified atom stereocenters. The van der Waals surface area contributed by atoms with E-state index in [1.165, 1.54) is 12.1 Å². The van der Waals surface area contributed by atoms with Gasteiger partial charge < -0.3 is 5.11 Å². The maximum absolute atomic E-state index is 13.1. The van der Waals surface area contributed by atoms with Crippen LogP contribution in [0.5, 0.6) is 5.75 Å². The van der Waals surface area contributed by atoms with Gasteiger partial charge in [-0.1, -0.05) is 0 Å². The molecule has 0 aliphatic carbocycles. The number of hydrogen-bond donors (Lipinski definition) is 1. The highest BCUT2D eigenvalue weighted by Crippen LogP contribution is 2.25. The van der Waals surface area contributed by atoms with Gasteiger partial charge in [-0.3, -0.25) is 4.98 Å². The van der Waals surface area contributed by atoms with E-state index in [4.69, 9.17) is 0 Å². The number of rotatable bonds is 1. The highest BCUT2D eigenvalue weighted by molar-refractivity contribution is 5.65. The van der Waals surface area contributed by atoms with E-state index < -0.39 is 5.82 Å². The van der Waals surface area contributed by atoms with Gasteiger partial charge in [0.2, 0.25) is 0 Å². The Labute approximate surface area is 93.4 Å². The van der Waals surface area contributed by atoms with Gasteiger partial charge in [0.05, 0.1) is 0 Å². The van der Waals surface area contributed by atoms with Crippen molar-refractivity contribution in [3.63, 3.8) is 0 Å². The summed E-state index contributed by atoms with van der Waals surface area (Å²) in [7, 11) is 0. The lowest BCUT2D eigenvalue weighted by Gasteiger charge is -2.05. The van der Waals surface area contributed by atoms with E-state index in [1.807, 2.05) is 19.9 Å². The van der Waals surface area contributed by atoms with Crippen molar-refractivity contribution >= 4 is 0 Å². The summed E-state index contributed by atoms with van der Waals surface area (Å²) in [4.78, 5) is 4.21. The fourth-order valence-corrected chi connectivity index (χ4v) is 1.54. The Morgan fingerprint density at radius 1 is 1.06 bits per heavy atom. The zero-order valence-corrected chi connectivity index (χ0v) is 9.16. The monoisotopic (exact) mass is 217 g/mol. The Balaban J connectivity index is 2.54. The molecule has 0 fully saturated rings. The number of nitrogens with zero attached hydrogens (tertiary/aromatic N) is 1. The maximum atomic E-state index is 13.1. The molecule has 0 aliphatic heterocycles. The molecule has 2 nitrogen and oxygen atoms in total. The van der Waals surface area contributed by atoms with Gasteiger partial charge >= 0.3 is 0 Å². The summed E-state index contributed by atoms with van der Waals surface area (Å²) in [6, 6.07) is 5.91. The molecular weight excluding hydrogens is 205 g/mol. The first-order valence-corrected chi connectivity index (χ1v) is 4.99. The zero-order valence-electron chi connectivity index (χ0n) is 9.16. The van der Waals surface area contributed by atoms with Crippen LogP contribution in [0, 0.1) is 19.7 Å². The maximum Gasteiger partial charge on any atom is 0.127 e. The third-order valence-electron chi connectivity index (χ3n) is 2.56. The Morgan fingerprint density at radius 3 is 2.44 bits per heavy atom. The van der Waals surface area contributed by atoms with Gasteiger partial charge in [-0.25, -0.2) is 4.39 Å². The number of aromatic nitrogens is 1. The summed E-state index contributed by atoms with van der Waals surface area (Å²) in [5.74, 6) is -0.526. The first kappa shape index (κ1) is 10.6. The van der Waals surface area contributed by atoms with Crippen molar-refractivity contribution in [2.75, 3.05) is 0 Å². The van der Waals surface area contributed by atoms with Crippen LogP contribution >= 0.6 is 0 Å². The molecule has 0 bridgehead atoms. The zero-order chi connectivity index (χ0) is 11.7. The predicted molar refractivity (Wildman–Crippen MR) is 60.8 cm³/mol. The molecule has 0 spiro atoms. The number of phenols is 1. The molecule has 1 heterocycles. The van der Waals surface area contributed by atoms with E-state index in [2.05, 4.69) is 4.98 Å². The SMILES string of the molecule is Cc1cc(-c2cc(O)cc(F)c2)cnc1C. The molecule has 0 atom stereocenters. The molecule has 2 aromatic rings. The Bertz CT molecular complexity index is 517. The van der Waals surface area contributed by atoms with Crippen LogP contribution in [-0.2, 0) is 0 Å². The van der Waals surface area contributed by atoms with Crippen LogP contribution in [0.25, 0.3) is 11.1 Å². The third kappa shape index (κ3) is 2.03. The molecule has 16 heavy (non-hydrogen) atoms. The molecule has 1 aromatic heterocycles. The summed E-state index contributed by atoms with van der Waals surface area (Å²) in [5, 5.41) is 9.32. The Kier molecular flexibility index (Phi) is 2.60. The minimum Gasteiger partial charge on any atom is -0.508 e. The van der Waals surface area contributed by atoms with Gasteiger partial charge in [0.25, 0.3) is 0 Å². The minimum absolute atomic E-state index is 0.0757. The van der Waals surface area contributed by atoms with Gasteiger partial charge in [-0.05, 0) is 43.2 Å². The molecule has 0 amide bonds. The normalized spacial score (nSPS) is 10.4. The first-order valence-electron chi connectivity index (χ1n) is 4.99. The lowest BCUT2D eigenvalue weighted by molar-refractivity contribution is 0.469. The number of aryl methyl sites for hydroxylation is 2. The molecule has 82 valence electrons. The average molecular weight is 217 g/mol. The molecule has 0 aliphatic rings. The number of pyridine rings is 1. The van der Waals surface area contributed by atoms with Gasteiger partial charge in [-0.2, -0.15) is 0 Å². The van der Waals surface area contributed by atoms with Gasteiger partial charge in [0.1, 0.15) is 11.6 Å². The van der Waals surface area contributed by atoms with Crippen LogP contribution in [-0.4, -0.2) is 10.1 Å². The Hall–Kier alpha value is -1.90. The summed E-state index contributed by atoms with van der Waals surface area (Å²) < 4.78 is 13.1. The second-order valence-corrected chi connectivity index (χ2v) is 3.82. The van der Waals surface area contributed by atoms with E-state index >= 15 is 0 Å². The van der Waals surface area contributed by atoms with Crippen molar-refractivity contribution in [3.8, 4) is 16.9 Å². The smallest absolute Gasteiger partial charge is 0.127 e. The molecule has 1 N–H and O–H groups in total. The highest BCUT2D eigenvalue weighted by Gasteiger charge is 2.04. The van der Waals surface area contributed by atoms with Crippen LogP contribution in [0.4, 0.5) is 4.39 Å². The largest absolute Gasteiger partial charge is 0.508 e. The fourth-order valence-electron chi connectivity index (χ4n) is 1.54. The summed E-state index contributed by atoms with van der Waals surface area (Å²) >= 11 is 0. The number of halogens is 1. The molecule has 0 saturated heterocycles. The topological polar surface area (TPSA) is 33.1 Å². The van der Waals surface area contributed by atoms with Crippen LogP contribution in [0.3, 0.4) is 0 Å². The third-order valence-corrected chi connectivity index (χ3v) is 2.56. The highest BCUT2D eigenvalue weighted by atomic mass is 19.1. The van der Waals surface area contributed by atoms with Gasteiger partial charge in [-0.15, -0.1) is 0 Å². The van der Waals surface area contributed by atoms with E-state index in [-0.39, 0.29) is 5.75 Å². The second-order valence-electron chi connectivity index (χ2n) is 3.82. The van der Waals surface area contributed by atoms with E-state index in [0.29, 0.717) is 5.56 Å². The molecule has 0 radical (unpaired) electrons. The van der Waals surface area contributed by atoms with E-state index in [1.54, 1.807) is 6.20 Å². The van der Waals surface area contributed by atoms with Crippen LogP contribution in [0.1, 0.15) is 11.3 Å². The molecule has 0 saturated carbocycles.